The van der Waals surface area contributed by atoms with E-state index < -0.39 is 0 Å². The van der Waals surface area contributed by atoms with Gasteiger partial charge in [0.25, 0.3) is 5.91 Å². The number of fused-ring (bicyclic) bond motifs is 1. The number of thiophene rings is 1. The number of hydrogen-bond donors (Lipinski definition) is 1. The van der Waals surface area contributed by atoms with Crippen LogP contribution in [0.5, 0.6) is 11.5 Å². The molecular formula is C26H25N5O4S. The second-order valence-electron chi connectivity index (χ2n) is 7.98. The van der Waals surface area contributed by atoms with Gasteiger partial charge in [-0.1, -0.05) is 30.3 Å². The Morgan fingerprint density at radius 1 is 1.17 bits per heavy atom. The molecule has 184 valence electrons. The summed E-state index contributed by atoms with van der Waals surface area (Å²) in [5.41, 5.74) is 6.00. The second-order valence-corrected chi connectivity index (χ2v) is 8.84. The quantitative estimate of drug-likeness (QED) is 0.286. The number of carbonyl (C=O) groups excluding carboxylic acids is 1. The summed E-state index contributed by atoms with van der Waals surface area (Å²) in [5.74, 6) is 1.56. The zero-order valence-corrected chi connectivity index (χ0v) is 20.5. The molecule has 0 radical (unpaired) electrons. The van der Waals surface area contributed by atoms with Gasteiger partial charge in [0.2, 0.25) is 0 Å². The first-order valence-corrected chi connectivity index (χ1v) is 12.3. The number of ether oxygens (including phenoxy) is 3. The second kappa shape index (κ2) is 11.1. The van der Waals surface area contributed by atoms with E-state index in [1.165, 1.54) is 6.33 Å². The maximum Gasteiger partial charge on any atom is 0.260 e. The number of rotatable bonds is 8. The standard InChI is InChI=1S/C26H25N5O4S/c1-33-22-13-18(7-8-21(22)35-15-23(32)31-9-11-34-12-10-31)14-29-30-25-24-20(19-5-3-2-4-6-19)16-36-26(24)28-17-27-25/h2-8,13-14,16-17H,9-12,15H2,1H3,(H,27,28,30). The molecule has 1 aliphatic heterocycles. The Morgan fingerprint density at radius 3 is 2.81 bits per heavy atom. The molecule has 4 aromatic rings. The average molecular weight is 504 g/mol. The zero-order chi connectivity index (χ0) is 24.7. The molecule has 0 unspecified atom stereocenters. The first-order valence-electron chi connectivity index (χ1n) is 11.5. The van der Waals surface area contributed by atoms with Crippen molar-refractivity contribution in [1.29, 1.82) is 0 Å². The van der Waals surface area contributed by atoms with Gasteiger partial charge in [0.1, 0.15) is 11.2 Å². The van der Waals surface area contributed by atoms with E-state index in [0.29, 0.717) is 43.6 Å². The monoisotopic (exact) mass is 503 g/mol. The zero-order valence-electron chi connectivity index (χ0n) is 19.7. The van der Waals surface area contributed by atoms with Crippen LogP contribution in [-0.4, -0.2) is 67.0 Å². The fourth-order valence-corrected chi connectivity index (χ4v) is 4.80. The molecule has 1 N–H and O–H groups in total. The molecule has 5 rings (SSSR count). The normalized spacial score (nSPS) is 13.8. The van der Waals surface area contributed by atoms with Crippen LogP contribution in [-0.2, 0) is 9.53 Å². The smallest absolute Gasteiger partial charge is 0.260 e. The first kappa shape index (κ1) is 23.7. The summed E-state index contributed by atoms with van der Waals surface area (Å²) in [5, 5.41) is 7.40. The van der Waals surface area contributed by atoms with Crippen LogP contribution < -0.4 is 14.9 Å². The minimum absolute atomic E-state index is 0.0561. The number of benzene rings is 2. The van der Waals surface area contributed by atoms with Gasteiger partial charge < -0.3 is 19.1 Å². The molecule has 9 nitrogen and oxygen atoms in total. The molecule has 1 fully saturated rings. The highest BCUT2D eigenvalue weighted by Crippen LogP contribution is 2.36. The van der Waals surface area contributed by atoms with E-state index in [1.54, 1.807) is 41.7 Å². The maximum absolute atomic E-state index is 12.4. The Morgan fingerprint density at radius 2 is 2.00 bits per heavy atom. The van der Waals surface area contributed by atoms with E-state index in [9.17, 15) is 4.79 Å². The molecule has 2 aromatic carbocycles. The number of carbonyl (C=O) groups is 1. The van der Waals surface area contributed by atoms with Crippen molar-refractivity contribution >= 4 is 39.5 Å². The Hall–Kier alpha value is -4.02. The van der Waals surface area contributed by atoms with E-state index >= 15 is 0 Å². The van der Waals surface area contributed by atoms with Crippen LogP contribution in [0.4, 0.5) is 5.82 Å². The van der Waals surface area contributed by atoms with Gasteiger partial charge >= 0.3 is 0 Å². The van der Waals surface area contributed by atoms with Crippen LogP contribution in [0, 0.1) is 0 Å². The molecule has 10 heteroatoms. The summed E-state index contributed by atoms with van der Waals surface area (Å²) in [6, 6.07) is 15.5. The van der Waals surface area contributed by atoms with Crippen LogP contribution in [0.3, 0.4) is 0 Å². The van der Waals surface area contributed by atoms with Crippen molar-refractivity contribution in [2.75, 3.05) is 45.4 Å². The van der Waals surface area contributed by atoms with Crippen LogP contribution in [0.25, 0.3) is 21.3 Å². The van der Waals surface area contributed by atoms with Gasteiger partial charge in [-0.3, -0.25) is 10.2 Å². The Balaban J connectivity index is 1.28. The van der Waals surface area contributed by atoms with E-state index in [2.05, 4.69) is 38.0 Å². The molecule has 1 aliphatic rings. The third-order valence-electron chi connectivity index (χ3n) is 5.74. The van der Waals surface area contributed by atoms with Gasteiger partial charge in [0.05, 0.1) is 31.9 Å². The summed E-state index contributed by atoms with van der Waals surface area (Å²) in [4.78, 5) is 23.8. The molecular weight excluding hydrogens is 478 g/mol. The number of anilines is 1. The van der Waals surface area contributed by atoms with Crippen molar-refractivity contribution in [1.82, 2.24) is 14.9 Å². The molecule has 0 aliphatic carbocycles. The van der Waals surface area contributed by atoms with Crippen LogP contribution in [0.15, 0.2) is 65.3 Å². The molecule has 36 heavy (non-hydrogen) atoms. The molecule has 0 spiro atoms. The summed E-state index contributed by atoms with van der Waals surface area (Å²) in [6.07, 6.45) is 3.20. The third kappa shape index (κ3) is 5.29. The van der Waals surface area contributed by atoms with E-state index in [4.69, 9.17) is 14.2 Å². The first-order chi connectivity index (χ1) is 17.7. The predicted octanol–water partition coefficient (Wildman–Crippen LogP) is 4.05. The molecule has 0 bridgehead atoms. The highest BCUT2D eigenvalue weighted by Gasteiger charge is 2.18. The number of hydrogen-bond acceptors (Lipinski definition) is 9. The van der Waals surface area contributed by atoms with Gasteiger partial charge in [0, 0.05) is 24.0 Å². The lowest BCUT2D eigenvalue weighted by Crippen LogP contribution is -2.43. The van der Waals surface area contributed by atoms with Gasteiger partial charge in [0.15, 0.2) is 23.9 Å². The number of aromatic nitrogens is 2. The van der Waals surface area contributed by atoms with Gasteiger partial charge in [-0.25, -0.2) is 9.97 Å². The molecule has 0 saturated carbocycles. The van der Waals surface area contributed by atoms with Crippen molar-refractivity contribution < 1.29 is 19.0 Å². The van der Waals surface area contributed by atoms with Crippen molar-refractivity contribution in [2.45, 2.75) is 0 Å². The highest BCUT2D eigenvalue weighted by atomic mass is 32.1. The molecule has 0 atom stereocenters. The number of hydrazone groups is 1. The predicted molar refractivity (Wildman–Crippen MR) is 140 cm³/mol. The third-order valence-corrected chi connectivity index (χ3v) is 6.63. The SMILES string of the molecule is COc1cc(C=NNc2ncnc3scc(-c4ccccc4)c23)ccc1OCC(=O)N1CCOCC1. The highest BCUT2D eigenvalue weighted by molar-refractivity contribution is 7.17. The summed E-state index contributed by atoms with van der Waals surface area (Å²) in [7, 11) is 1.56. The molecule has 1 saturated heterocycles. The molecule has 2 aromatic heterocycles. The van der Waals surface area contributed by atoms with E-state index in [1.807, 2.05) is 24.3 Å². The van der Waals surface area contributed by atoms with Crippen LogP contribution >= 0.6 is 11.3 Å². The topological polar surface area (TPSA) is 98.2 Å². The lowest BCUT2D eigenvalue weighted by Gasteiger charge is -2.26. The average Bonchev–Trinajstić information content (AvgIpc) is 3.38. The summed E-state index contributed by atoms with van der Waals surface area (Å²) >= 11 is 1.57. The Bertz CT molecular complexity index is 1370. The van der Waals surface area contributed by atoms with Crippen molar-refractivity contribution in [2.24, 2.45) is 5.10 Å². The summed E-state index contributed by atoms with van der Waals surface area (Å²) < 4.78 is 16.5. The number of nitrogens with zero attached hydrogens (tertiary/aromatic N) is 4. The summed E-state index contributed by atoms with van der Waals surface area (Å²) in [6.45, 7) is 2.21. The van der Waals surface area contributed by atoms with Gasteiger partial charge in [-0.05, 0) is 29.3 Å². The lowest BCUT2D eigenvalue weighted by molar-refractivity contribution is -0.137. The number of methoxy groups -OCH3 is 1. The minimum Gasteiger partial charge on any atom is -0.493 e. The fraction of sp³-hybridized carbons (Fsp3) is 0.231. The maximum atomic E-state index is 12.4. The molecule has 1 amide bonds. The van der Waals surface area contributed by atoms with Crippen LogP contribution in [0.2, 0.25) is 0 Å². The van der Waals surface area contributed by atoms with E-state index in [0.717, 1.165) is 26.9 Å². The van der Waals surface area contributed by atoms with Crippen molar-refractivity contribution in [3.8, 4) is 22.6 Å². The Kier molecular flexibility index (Phi) is 7.34. The largest absolute Gasteiger partial charge is 0.493 e. The Labute approximate surface area is 212 Å². The number of nitrogens with one attached hydrogen (secondary N) is 1. The van der Waals surface area contributed by atoms with Crippen LogP contribution in [0.1, 0.15) is 5.56 Å². The van der Waals surface area contributed by atoms with Gasteiger partial charge in [-0.15, -0.1) is 11.3 Å². The van der Waals surface area contributed by atoms with Gasteiger partial charge in [-0.2, -0.15) is 5.10 Å². The minimum atomic E-state index is -0.0744. The number of morpholine rings is 1. The van der Waals surface area contributed by atoms with Crippen molar-refractivity contribution in [3.63, 3.8) is 0 Å². The van der Waals surface area contributed by atoms with Crippen molar-refractivity contribution in [3.05, 3.63) is 65.8 Å². The molecule has 3 heterocycles. The fourth-order valence-electron chi connectivity index (χ4n) is 3.89. The van der Waals surface area contributed by atoms with E-state index in [-0.39, 0.29) is 12.5 Å². The number of amides is 1. The lowest BCUT2D eigenvalue weighted by atomic mass is 10.1.